The number of halogens is 2. The summed E-state index contributed by atoms with van der Waals surface area (Å²) in [6.45, 7) is 0.634. The highest BCUT2D eigenvalue weighted by Crippen LogP contribution is 2.27. The van der Waals surface area contributed by atoms with E-state index in [9.17, 15) is 14.0 Å². The molecule has 2 aromatic rings. The zero-order chi connectivity index (χ0) is 17.1. The molecule has 24 heavy (non-hydrogen) atoms. The van der Waals surface area contributed by atoms with Gasteiger partial charge in [0.1, 0.15) is 5.82 Å². The first-order valence-corrected chi connectivity index (χ1v) is 7.99. The molecular formula is C18H16ClFN2O2. The van der Waals surface area contributed by atoms with Gasteiger partial charge in [-0.2, -0.15) is 0 Å². The number of anilines is 1. The Morgan fingerprint density at radius 1 is 1.25 bits per heavy atom. The molecule has 1 aliphatic heterocycles. The van der Waals surface area contributed by atoms with Crippen molar-refractivity contribution in [3.63, 3.8) is 0 Å². The van der Waals surface area contributed by atoms with E-state index in [0.717, 1.165) is 5.56 Å². The van der Waals surface area contributed by atoms with Gasteiger partial charge in [0.05, 0.1) is 5.92 Å². The Morgan fingerprint density at radius 2 is 2.00 bits per heavy atom. The van der Waals surface area contributed by atoms with Crippen LogP contribution >= 0.6 is 11.6 Å². The Labute approximate surface area is 144 Å². The van der Waals surface area contributed by atoms with Gasteiger partial charge in [-0.15, -0.1) is 0 Å². The van der Waals surface area contributed by atoms with Crippen molar-refractivity contribution in [2.45, 2.75) is 13.0 Å². The Morgan fingerprint density at radius 3 is 2.71 bits per heavy atom. The quantitative estimate of drug-likeness (QED) is 0.924. The predicted molar refractivity (Wildman–Crippen MR) is 90.2 cm³/mol. The lowest BCUT2D eigenvalue weighted by atomic mass is 10.1. The van der Waals surface area contributed by atoms with Crippen molar-refractivity contribution >= 4 is 29.1 Å². The van der Waals surface area contributed by atoms with Crippen LogP contribution in [0.4, 0.5) is 10.1 Å². The molecule has 1 atom stereocenters. The van der Waals surface area contributed by atoms with Crippen molar-refractivity contribution in [1.82, 2.24) is 5.32 Å². The van der Waals surface area contributed by atoms with E-state index in [1.54, 1.807) is 41.3 Å². The second-order valence-electron chi connectivity index (χ2n) is 5.73. The highest BCUT2D eigenvalue weighted by molar-refractivity contribution is 6.30. The van der Waals surface area contributed by atoms with Crippen LogP contribution in [0.15, 0.2) is 48.5 Å². The number of hydrogen-bond donors (Lipinski definition) is 1. The van der Waals surface area contributed by atoms with Gasteiger partial charge in [0.15, 0.2) is 0 Å². The monoisotopic (exact) mass is 346 g/mol. The second kappa shape index (κ2) is 7.01. The van der Waals surface area contributed by atoms with E-state index in [1.807, 2.05) is 0 Å². The molecule has 0 radical (unpaired) electrons. The van der Waals surface area contributed by atoms with Crippen molar-refractivity contribution in [3.05, 3.63) is 64.9 Å². The van der Waals surface area contributed by atoms with Crippen LogP contribution in [0.5, 0.6) is 0 Å². The molecule has 3 rings (SSSR count). The molecule has 2 amide bonds. The molecule has 124 valence electrons. The lowest BCUT2D eigenvalue weighted by Gasteiger charge is -2.17. The van der Waals surface area contributed by atoms with Crippen LogP contribution in [0.1, 0.15) is 12.0 Å². The summed E-state index contributed by atoms with van der Waals surface area (Å²) in [7, 11) is 0. The minimum absolute atomic E-state index is 0.0980. The van der Waals surface area contributed by atoms with E-state index >= 15 is 0 Å². The maximum absolute atomic E-state index is 12.9. The van der Waals surface area contributed by atoms with Gasteiger partial charge >= 0.3 is 0 Å². The number of benzene rings is 2. The molecule has 4 nitrogen and oxygen atoms in total. The number of rotatable bonds is 4. The van der Waals surface area contributed by atoms with Gasteiger partial charge in [-0.3, -0.25) is 9.59 Å². The van der Waals surface area contributed by atoms with Gasteiger partial charge in [-0.1, -0.05) is 29.8 Å². The SMILES string of the molecule is O=C(NCc1ccc(F)cc1)[C@H]1CC(=O)N(c2cccc(Cl)c2)C1. The Balaban J connectivity index is 1.60. The molecule has 1 N–H and O–H groups in total. The first-order valence-electron chi connectivity index (χ1n) is 7.61. The number of nitrogens with zero attached hydrogens (tertiary/aromatic N) is 1. The summed E-state index contributed by atoms with van der Waals surface area (Å²) in [4.78, 5) is 26.0. The van der Waals surface area contributed by atoms with Crippen molar-refractivity contribution in [1.29, 1.82) is 0 Å². The topological polar surface area (TPSA) is 49.4 Å². The highest BCUT2D eigenvalue weighted by Gasteiger charge is 2.35. The maximum atomic E-state index is 12.9. The van der Waals surface area contributed by atoms with Crippen molar-refractivity contribution < 1.29 is 14.0 Å². The van der Waals surface area contributed by atoms with Gasteiger partial charge in [0.2, 0.25) is 11.8 Å². The fourth-order valence-electron chi connectivity index (χ4n) is 2.71. The largest absolute Gasteiger partial charge is 0.352 e. The number of carbonyl (C=O) groups is 2. The summed E-state index contributed by atoms with van der Waals surface area (Å²) < 4.78 is 12.9. The number of nitrogens with one attached hydrogen (secondary N) is 1. The van der Waals surface area contributed by atoms with Crippen LogP contribution in [-0.4, -0.2) is 18.4 Å². The molecule has 1 aliphatic rings. The fourth-order valence-corrected chi connectivity index (χ4v) is 2.90. The zero-order valence-electron chi connectivity index (χ0n) is 12.8. The number of hydrogen-bond acceptors (Lipinski definition) is 2. The molecule has 2 aromatic carbocycles. The van der Waals surface area contributed by atoms with E-state index < -0.39 is 5.92 Å². The third-order valence-corrected chi connectivity index (χ3v) is 4.23. The molecule has 1 fully saturated rings. The lowest BCUT2D eigenvalue weighted by Crippen LogP contribution is -2.32. The third kappa shape index (κ3) is 3.74. The van der Waals surface area contributed by atoms with Crippen LogP contribution < -0.4 is 10.2 Å². The molecule has 0 aliphatic carbocycles. The van der Waals surface area contributed by atoms with Crippen LogP contribution in [-0.2, 0) is 16.1 Å². The molecule has 0 spiro atoms. The fraction of sp³-hybridized carbons (Fsp3) is 0.222. The Hall–Kier alpha value is -2.40. The van der Waals surface area contributed by atoms with E-state index in [2.05, 4.69) is 5.32 Å². The number of amides is 2. The van der Waals surface area contributed by atoms with Gasteiger partial charge in [0.25, 0.3) is 0 Å². The molecule has 1 heterocycles. The normalized spacial score (nSPS) is 17.2. The van der Waals surface area contributed by atoms with Crippen LogP contribution in [0.25, 0.3) is 0 Å². The van der Waals surface area contributed by atoms with Gasteiger partial charge in [0, 0.05) is 30.2 Å². The van der Waals surface area contributed by atoms with Crippen LogP contribution in [0, 0.1) is 11.7 Å². The number of carbonyl (C=O) groups excluding carboxylic acids is 2. The molecule has 6 heteroatoms. The zero-order valence-corrected chi connectivity index (χ0v) is 13.6. The Kier molecular flexibility index (Phi) is 4.81. The molecule has 0 unspecified atom stereocenters. The smallest absolute Gasteiger partial charge is 0.227 e. The second-order valence-corrected chi connectivity index (χ2v) is 6.17. The summed E-state index contributed by atoms with van der Waals surface area (Å²) >= 11 is 5.95. The summed E-state index contributed by atoms with van der Waals surface area (Å²) in [5.74, 6) is -1.00. The molecule has 1 saturated heterocycles. The van der Waals surface area contributed by atoms with Crippen molar-refractivity contribution in [2.75, 3.05) is 11.4 Å². The van der Waals surface area contributed by atoms with Gasteiger partial charge < -0.3 is 10.2 Å². The predicted octanol–water partition coefficient (Wildman–Crippen LogP) is 3.15. The summed E-state index contributed by atoms with van der Waals surface area (Å²) in [6, 6.07) is 12.9. The standard InChI is InChI=1S/C18H16ClFN2O2/c19-14-2-1-3-16(9-14)22-11-13(8-17(22)23)18(24)21-10-12-4-6-15(20)7-5-12/h1-7,9,13H,8,10-11H2,(H,21,24)/t13-/m0/s1. The maximum Gasteiger partial charge on any atom is 0.227 e. The van der Waals surface area contributed by atoms with Gasteiger partial charge in [-0.25, -0.2) is 4.39 Å². The highest BCUT2D eigenvalue weighted by atomic mass is 35.5. The van der Waals surface area contributed by atoms with Gasteiger partial charge in [-0.05, 0) is 35.9 Å². The van der Waals surface area contributed by atoms with Crippen molar-refractivity contribution in [3.8, 4) is 0 Å². The van der Waals surface area contributed by atoms with E-state index in [1.165, 1.54) is 12.1 Å². The summed E-state index contributed by atoms with van der Waals surface area (Å²) in [5.41, 5.74) is 1.50. The van der Waals surface area contributed by atoms with Crippen LogP contribution in [0.2, 0.25) is 5.02 Å². The molecular weight excluding hydrogens is 331 g/mol. The average molecular weight is 347 g/mol. The summed E-state index contributed by atoms with van der Waals surface area (Å²) in [5, 5.41) is 3.34. The first kappa shape index (κ1) is 16.5. The van der Waals surface area contributed by atoms with E-state index in [0.29, 0.717) is 23.8 Å². The minimum Gasteiger partial charge on any atom is -0.352 e. The van der Waals surface area contributed by atoms with Crippen LogP contribution in [0.3, 0.4) is 0 Å². The lowest BCUT2D eigenvalue weighted by molar-refractivity contribution is -0.126. The Bertz CT molecular complexity index is 764. The first-order chi connectivity index (χ1) is 11.5. The van der Waals surface area contributed by atoms with E-state index in [4.69, 9.17) is 11.6 Å². The molecule has 0 saturated carbocycles. The summed E-state index contributed by atoms with van der Waals surface area (Å²) in [6.07, 6.45) is 0.168. The third-order valence-electron chi connectivity index (χ3n) is 4.00. The minimum atomic E-state index is -0.406. The average Bonchev–Trinajstić information content (AvgIpc) is 2.96. The molecule has 0 bridgehead atoms. The molecule has 0 aromatic heterocycles. The van der Waals surface area contributed by atoms with E-state index in [-0.39, 0.29) is 24.1 Å². The van der Waals surface area contributed by atoms with Crippen molar-refractivity contribution in [2.24, 2.45) is 5.92 Å².